The fraction of sp³-hybridized carbons (Fsp3) is 0.400. The molecule has 0 radical (unpaired) electrons. The Morgan fingerprint density at radius 3 is 2.56 bits per heavy atom. The van der Waals surface area contributed by atoms with Gasteiger partial charge in [-0.3, -0.25) is 9.69 Å². The molecule has 3 aliphatic rings. The van der Waals surface area contributed by atoms with Crippen molar-refractivity contribution in [3.63, 3.8) is 0 Å². The highest BCUT2D eigenvalue weighted by molar-refractivity contribution is 6.07. The topological polar surface area (TPSA) is 67.9 Å². The van der Waals surface area contributed by atoms with Crippen molar-refractivity contribution < 1.29 is 18.3 Å². The average Bonchev–Trinajstić information content (AvgIpc) is 3.47. The van der Waals surface area contributed by atoms with E-state index in [2.05, 4.69) is 4.99 Å². The SMILES string of the molecule is CN1C(=O)[C@](c2ccccc2)(C2C=CC(OC(F)F)=C(C3CC3)C2)N=C1N. The highest BCUT2D eigenvalue weighted by Gasteiger charge is 2.54. The average molecular weight is 373 g/mol. The van der Waals surface area contributed by atoms with Gasteiger partial charge in [-0.25, -0.2) is 4.99 Å². The van der Waals surface area contributed by atoms with Crippen molar-refractivity contribution in [1.82, 2.24) is 4.90 Å². The monoisotopic (exact) mass is 373 g/mol. The fourth-order valence-corrected chi connectivity index (χ4v) is 4.01. The van der Waals surface area contributed by atoms with E-state index in [-0.39, 0.29) is 29.5 Å². The second kappa shape index (κ2) is 6.48. The van der Waals surface area contributed by atoms with Gasteiger partial charge in [-0.05, 0) is 42.4 Å². The third-order valence-corrected chi connectivity index (χ3v) is 5.54. The fourth-order valence-electron chi connectivity index (χ4n) is 4.01. The Labute approximate surface area is 156 Å². The van der Waals surface area contributed by atoms with Gasteiger partial charge in [0.05, 0.1) is 0 Å². The molecule has 1 amide bonds. The van der Waals surface area contributed by atoms with Crippen molar-refractivity contribution in [2.24, 2.45) is 22.6 Å². The van der Waals surface area contributed by atoms with Crippen molar-refractivity contribution in [3.8, 4) is 0 Å². The van der Waals surface area contributed by atoms with Crippen molar-refractivity contribution in [2.45, 2.75) is 31.4 Å². The van der Waals surface area contributed by atoms with Crippen LogP contribution in [-0.4, -0.2) is 30.4 Å². The minimum atomic E-state index is -2.87. The molecule has 0 saturated heterocycles. The Hall–Kier alpha value is -2.70. The number of allylic oxidation sites excluding steroid dienone is 2. The quantitative estimate of drug-likeness (QED) is 0.862. The summed E-state index contributed by atoms with van der Waals surface area (Å²) in [5.41, 5.74) is 6.38. The van der Waals surface area contributed by atoms with Crippen LogP contribution in [0.5, 0.6) is 0 Å². The molecule has 1 aromatic carbocycles. The van der Waals surface area contributed by atoms with Gasteiger partial charge in [0.1, 0.15) is 5.76 Å². The summed E-state index contributed by atoms with van der Waals surface area (Å²) in [5, 5.41) is 0. The van der Waals surface area contributed by atoms with Crippen molar-refractivity contribution in [1.29, 1.82) is 0 Å². The van der Waals surface area contributed by atoms with Crippen molar-refractivity contribution in [2.75, 3.05) is 7.05 Å². The first-order chi connectivity index (χ1) is 12.9. The number of carbonyl (C=O) groups excluding carboxylic acids is 1. The number of guanidine groups is 1. The van der Waals surface area contributed by atoms with E-state index < -0.39 is 12.2 Å². The van der Waals surface area contributed by atoms with Crippen LogP contribution in [0.25, 0.3) is 0 Å². The van der Waals surface area contributed by atoms with E-state index in [4.69, 9.17) is 10.5 Å². The predicted molar refractivity (Wildman–Crippen MR) is 96.6 cm³/mol. The Morgan fingerprint density at radius 2 is 2.00 bits per heavy atom. The van der Waals surface area contributed by atoms with E-state index in [1.54, 1.807) is 19.2 Å². The maximum atomic E-state index is 13.2. The van der Waals surface area contributed by atoms with E-state index in [9.17, 15) is 13.6 Å². The molecule has 1 heterocycles. The molecular weight excluding hydrogens is 352 g/mol. The number of nitrogens with two attached hydrogens (primary N) is 1. The van der Waals surface area contributed by atoms with E-state index in [1.165, 1.54) is 4.90 Å². The highest BCUT2D eigenvalue weighted by atomic mass is 19.3. The number of likely N-dealkylation sites (N-methyl/N-ethyl adjacent to an activating group) is 1. The summed E-state index contributed by atoms with van der Waals surface area (Å²) in [6, 6.07) is 9.28. The summed E-state index contributed by atoms with van der Waals surface area (Å²) < 4.78 is 30.3. The Morgan fingerprint density at radius 1 is 1.30 bits per heavy atom. The summed E-state index contributed by atoms with van der Waals surface area (Å²) in [4.78, 5) is 19.2. The molecule has 7 heteroatoms. The number of halogens is 2. The predicted octanol–water partition coefficient (Wildman–Crippen LogP) is 3.15. The van der Waals surface area contributed by atoms with Gasteiger partial charge in [0.15, 0.2) is 11.5 Å². The van der Waals surface area contributed by atoms with E-state index >= 15 is 0 Å². The first kappa shape index (κ1) is 17.7. The van der Waals surface area contributed by atoms with Gasteiger partial charge in [0.2, 0.25) is 0 Å². The van der Waals surface area contributed by atoms with Crippen LogP contribution in [0.3, 0.4) is 0 Å². The Kier molecular flexibility index (Phi) is 4.25. The molecule has 1 unspecified atom stereocenters. The Balaban J connectivity index is 1.77. The number of benzene rings is 1. The van der Waals surface area contributed by atoms with Crippen LogP contribution < -0.4 is 5.73 Å². The Bertz CT molecular complexity index is 846. The van der Waals surface area contributed by atoms with Crippen LogP contribution in [0.4, 0.5) is 8.78 Å². The first-order valence-corrected chi connectivity index (χ1v) is 8.98. The van der Waals surface area contributed by atoms with Crippen molar-refractivity contribution >= 4 is 11.9 Å². The number of ether oxygens (including phenoxy) is 1. The lowest BCUT2D eigenvalue weighted by molar-refractivity contribution is -0.132. The maximum absolute atomic E-state index is 13.2. The highest BCUT2D eigenvalue weighted by Crippen LogP contribution is 2.50. The first-order valence-electron chi connectivity index (χ1n) is 8.98. The zero-order valence-corrected chi connectivity index (χ0v) is 14.9. The second-order valence-electron chi connectivity index (χ2n) is 7.18. The summed E-state index contributed by atoms with van der Waals surface area (Å²) in [6.07, 6.45) is 5.65. The maximum Gasteiger partial charge on any atom is 0.387 e. The molecular formula is C20H21F2N3O2. The summed E-state index contributed by atoms with van der Waals surface area (Å²) in [6.45, 7) is -2.87. The number of alkyl halides is 2. The zero-order valence-electron chi connectivity index (χ0n) is 14.9. The number of aliphatic imine (C=N–C) groups is 1. The molecule has 2 aliphatic carbocycles. The number of rotatable bonds is 5. The van der Waals surface area contributed by atoms with Crippen LogP contribution >= 0.6 is 0 Å². The number of carbonyl (C=O) groups is 1. The van der Waals surface area contributed by atoms with Gasteiger partial charge in [-0.2, -0.15) is 8.78 Å². The molecule has 0 aromatic heterocycles. The molecule has 4 rings (SSSR count). The summed E-state index contributed by atoms with van der Waals surface area (Å²) >= 11 is 0. The lowest BCUT2D eigenvalue weighted by atomic mass is 9.72. The number of amides is 1. The third-order valence-electron chi connectivity index (χ3n) is 5.54. The standard InChI is InChI=1S/C20H21F2N3O2/c1-25-17(26)20(24-19(25)23,13-5-3-2-4-6-13)14-9-10-16(27-18(21)22)15(11-14)12-7-8-12/h2-6,9-10,12,14,18H,7-8,11H2,1H3,(H2,23,24)/t14?,20-/m0/s1. The molecule has 27 heavy (non-hydrogen) atoms. The molecule has 1 fully saturated rings. The molecule has 142 valence electrons. The van der Waals surface area contributed by atoms with Gasteiger partial charge in [0, 0.05) is 13.0 Å². The summed E-state index contributed by atoms with van der Waals surface area (Å²) in [5.74, 6) is 0.0758. The van der Waals surface area contributed by atoms with Crippen molar-refractivity contribution in [3.05, 3.63) is 59.4 Å². The van der Waals surface area contributed by atoms with Gasteiger partial charge in [-0.1, -0.05) is 36.4 Å². The summed E-state index contributed by atoms with van der Waals surface area (Å²) in [7, 11) is 1.60. The number of hydrogen-bond donors (Lipinski definition) is 1. The van der Waals surface area contributed by atoms with Gasteiger partial charge in [-0.15, -0.1) is 0 Å². The minimum Gasteiger partial charge on any atom is -0.435 e. The smallest absolute Gasteiger partial charge is 0.387 e. The molecule has 1 aromatic rings. The van der Waals surface area contributed by atoms with Gasteiger partial charge < -0.3 is 10.5 Å². The molecule has 2 atom stereocenters. The van der Waals surface area contributed by atoms with Gasteiger partial charge >= 0.3 is 6.61 Å². The molecule has 1 saturated carbocycles. The second-order valence-corrected chi connectivity index (χ2v) is 7.18. The van der Waals surface area contributed by atoms with Crippen LogP contribution in [0.15, 0.2) is 58.8 Å². The van der Waals surface area contributed by atoms with Crippen LogP contribution in [0.1, 0.15) is 24.8 Å². The minimum absolute atomic E-state index is 0.156. The van der Waals surface area contributed by atoms with Crippen LogP contribution in [0, 0.1) is 11.8 Å². The van der Waals surface area contributed by atoms with E-state index in [1.807, 2.05) is 30.3 Å². The molecule has 5 nitrogen and oxygen atoms in total. The van der Waals surface area contributed by atoms with Crippen LogP contribution in [-0.2, 0) is 15.1 Å². The molecule has 2 N–H and O–H groups in total. The van der Waals surface area contributed by atoms with Crippen LogP contribution in [0.2, 0.25) is 0 Å². The van der Waals surface area contributed by atoms with E-state index in [0.29, 0.717) is 6.42 Å². The zero-order chi connectivity index (χ0) is 19.2. The number of nitrogens with zero attached hydrogens (tertiary/aromatic N) is 2. The molecule has 0 bridgehead atoms. The largest absolute Gasteiger partial charge is 0.435 e. The third kappa shape index (κ3) is 2.91. The van der Waals surface area contributed by atoms with E-state index in [0.717, 1.165) is 24.0 Å². The normalized spacial score (nSPS) is 28.1. The number of hydrogen-bond acceptors (Lipinski definition) is 4. The molecule has 0 spiro atoms. The molecule has 1 aliphatic heterocycles. The van der Waals surface area contributed by atoms with Gasteiger partial charge in [0.25, 0.3) is 5.91 Å². The lowest BCUT2D eigenvalue weighted by Crippen LogP contribution is -2.45. The lowest BCUT2D eigenvalue weighted by Gasteiger charge is -2.35.